The smallest absolute Gasteiger partial charge is 0.367 e. The van der Waals surface area contributed by atoms with E-state index in [4.69, 9.17) is 28.0 Å². The van der Waals surface area contributed by atoms with Crippen molar-refractivity contribution < 1.29 is 27.9 Å². The van der Waals surface area contributed by atoms with E-state index in [0.717, 1.165) is 12.6 Å². The first-order chi connectivity index (χ1) is 18.9. The number of carbonyl (C=O) groups is 1. The van der Waals surface area contributed by atoms with Gasteiger partial charge in [-0.2, -0.15) is 18.2 Å². The number of aromatic nitrogens is 2. The molecular weight excluding hydrogens is 572 g/mol. The summed E-state index contributed by atoms with van der Waals surface area (Å²) in [5.74, 6) is -0.115. The van der Waals surface area contributed by atoms with E-state index in [1.807, 2.05) is 19.0 Å². The van der Waals surface area contributed by atoms with Crippen LogP contribution in [0.1, 0.15) is 27.0 Å². The van der Waals surface area contributed by atoms with Crippen LogP contribution in [0.2, 0.25) is 10.0 Å². The Morgan fingerprint density at radius 2 is 1.90 bits per heavy atom. The standard InChI is InChI=1S/C26H25Cl2F3N6O3/c1-36(2)9-8-32-25-33-13-15-10-18(24(39)37(40-3)22(15)35-25)17-12-16(5-7-20(17)27)34-23(38)14-4-6-21(28)19(11-14)26(29,30)31/h4-7,10-13,24,39H,8-9H2,1-3H3,(H,34,38)(H,32,33,35). The van der Waals surface area contributed by atoms with Crippen LogP contribution in [0.5, 0.6) is 0 Å². The van der Waals surface area contributed by atoms with E-state index in [1.165, 1.54) is 36.4 Å². The minimum atomic E-state index is -4.72. The second kappa shape index (κ2) is 12.0. The number of halogens is 5. The van der Waals surface area contributed by atoms with Gasteiger partial charge in [-0.25, -0.2) is 10.0 Å². The number of hydrogen-bond acceptors (Lipinski definition) is 8. The molecule has 1 unspecified atom stereocenters. The summed E-state index contributed by atoms with van der Waals surface area (Å²) in [5, 5.41) is 17.8. The highest BCUT2D eigenvalue weighted by atomic mass is 35.5. The lowest BCUT2D eigenvalue weighted by Gasteiger charge is -2.33. The predicted molar refractivity (Wildman–Crippen MR) is 148 cm³/mol. The monoisotopic (exact) mass is 596 g/mol. The molecule has 1 aliphatic rings. The van der Waals surface area contributed by atoms with Crippen LogP contribution in [-0.2, 0) is 11.0 Å². The Labute approximate surface area is 238 Å². The maximum atomic E-state index is 13.2. The lowest BCUT2D eigenvalue weighted by Crippen LogP contribution is -2.38. The number of amides is 1. The lowest BCUT2D eigenvalue weighted by molar-refractivity contribution is -0.137. The van der Waals surface area contributed by atoms with Gasteiger partial charge in [-0.1, -0.05) is 23.2 Å². The second-order valence-electron chi connectivity index (χ2n) is 9.03. The van der Waals surface area contributed by atoms with Gasteiger partial charge in [-0.3, -0.25) is 9.63 Å². The van der Waals surface area contributed by atoms with E-state index in [-0.39, 0.29) is 16.3 Å². The highest BCUT2D eigenvalue weighted by Gasteiger charge is 2.34. The molecule has 0 radical (unpaired) electrons. The van der Waals surface area contributed by atoms with Gasteiger partial charge in [0.2, 0.25) is 5.95 Å². The van der Waals surface area contributed by atoms with Crippen LogP contribution in [0.15, 0.2) is 42.6 Å². The van der Waals surface area contributed by atoms with Gasteiger partial charge in [0.05, 0.1) is 17.7 Å². The van der Waals surface area contributed by atoms with Crippen LogP contribution >= 0.6 is 23.2 Å². The molecule has 0 saturated heterocycles. The fraction of sp³-hybridized carbons (Fsp3) is 0.269. The van der Waals surface area contributed by atoms with Gasteiger partial charge < -0.3 is 20.6 Å². The van der Waals surface area contributed by atoms with Crippen LogP contribution in [0.4, 0.5) is 30.6 Å². The van der Waals surface area contributed by atoms with Gasteiger partial charge in [0.15, 0.2) is 12.0 Å². The third-order valence-electron chi connectivity index (χ3n) is 5.92. The van der Waals surface area contributed by atoms with Gasteiger partial charge in [-0.15, -0.1) is 0 Å². The molecule has 1 amide bonds. The summed E-state index contributed by atoms with van der Waals surface area (Å²) in [6.07, 6.45) is -2.85. The predicted octanol–water partition coefficient (Wildman–Crippen LogP) is 5.27. The Bertz CT molecular complexity index is 1450. The van der Waals surface area contributed by atoms with Crippen LogP contribution in [0.3, 0.4) is 0 Å². The van der Waals surface area contributed by atoms with Crippen molar-refractivity contribution in [2.24, 2.45) is 0 Å². The molecule has 1 atom stereocenters. The van der Waals surface area contributed by atoms with E-state index in [0.29, 0.717) is 41.1 Å². The number of rotatable bonds is 8. The largest absolute Gasteiger partial charge is 0.417 e. The highest BCUT2D eigenvalue weighted by Crippen LogP contribution is 2.39. The van der Waals surface area contributed by atoms with Crippen LogP contribution in [0, 0.1) is 0 Å². The summed E-state index contributed by atoms with van der Waals surface area (Å²) >= 11 is 12.1. The second-order valence-corrected chi connectivity index (χ2v) is 9.84. The van der Waals surface area contributed by atoms with E-state index in [9.17, 15) is 23.1 Å². The first kappa shape index (κ1) is 29.6. The molecule has 14 heteroatoms. The Kier molecular flexibility index (Phi) is 8.86. The third kappa shape index (κ3) is 6.48. The Balaban J connectivity index is 1.63. The Morgan fingerprint density at radius 1 is 1.18 bits per heavy atom. The molecule has 0 fully saturated rings. The van der Waals surface area contributed by atoms with E-state index in [2.05, 4.69) is 20.6 Å². The minimum absolute atomic E-state index is 0.229. The maximum absolute atomic E-state index is 13.2. The van der Waals surface area contributed by atoms with E-state index in [1.54, 1.807) is 12.3 Å². The summed E-state index contributed by atoms with van der Waals surface area (Å²) in [4.78, 5) is 29.0. The van der Waals surface area contributed by atoms with E-state index < -0.39 is 28.9 Å². The molecule has 4 rings (SSSR count). The number of aliphatic hydroxyl groups is 1. The van der Waals surface area contributed by atoms with Crippen molar-refractivity contribution in [3.05, 3.63) is 74.9 Å². The fourth-order valence-electron chi connectivity index (χ4n) is 3.94. The van der Waals surface area contributed by atoms with Crippen molar-refractivity contribution in [1.29, 1.82) is 0 Å². The normalized spacial score (nSPS) is 15.1. The van der Waals surface area contributed by atoms with Gasteiger partial charge >= 0.3 is 6.18 Å². The zero-order valence-electron chi connectivity index (χ0n) is 21.6. The number of benzene rings is 2. The Morgan fingerprint density at radius 3 is 2.58 bits per heavy atom. The number of hydroxylamine groups is 1. The molecular formula is C26H25Cl2F3N6O3. The molecule has 2 aromatic carbocycles. The molecule has 212 valence electrons. The van der Waals surface area contributed by atoms with Crippen LogP contribution < -0.4 is 15.7 Å². The first-order valence-electron chi connectivity index (χ1n) is 11.9. The average Bonchev–Trinajstić information content (AvgIpc) is 2.89. The van der Waals surface area contributed by atoms with Crippen molar-refractivity contribution in [1.82, 2.24) is 14.9 Å². The first-order valence-corrected chi connectivity index (χ1v) is 12.6. The molecule has 9 nitrogen and oxygen atoms in total. The third-order valence-corrected chi connectivity index (χ3v) is 6.58. The molecule has 3 aromatic rings. The van der Waals surface area contributed by atoms with Gasteiger partial charge in [0.25, 0.3) is 5.91 Å². The number of anilines is 3. The van der Waals surface area contributed by atoms with Crippen molar-refractivity contribution >= 4 is 58.2 Å². The molecule has 0 aliphatic carbocycles. The van der Waals surface area contributed by atoms with Crippen LogP contribution in [-0.4, -0.2) is 66.4 Å². The summed E-state index contributed by atoms with van der Waals surface area (Å²) in [5.41, 5.74) is 0.0692. The highest BCUT2D eigenvalue weighted by molar-refractivity contribution is 6.33. The van der Waals surface area contributed by atoms with Crippen LogP contribution in [0.25, 0.3) is 11.6 Å². The summed E-state index contributed by atoms with van der Waals surface area (Å²) in [7, 11) is 5.26. The summed E-state index contributed by atoms with van der Waals surface area (Å²) in [6, 6.07) is 7.35. The minimum Gasteiger partial charge on any atom is -0.367 e. The molecule has 0 saturated carbocycles. The Hall–Kier alpha value is -3.42. The van der Waals surface area contributed by atoms with Crippen molar-refractivity contribution in [3.8, 4) is 0 Å². The van der Waals surface area contributed by atoms with Crippen molar-refractivity contribution in [3.63, 3.8) is 0 Å². The number of hydrogen-bond donors (Lipinski definition) is 3. The average molecular weight is 597 g/mol. The van der Waals surface area contributed by atoms with E-state index >= 15 is 0 Å². The summed E-state index contributed by atoms with van der Waals surface area (Å²) in [6.45, 7) is 1.36. The number of likely N-dealkylation sites (N-methyl/N-ethyl adjacent to an activating group) is 1. The van der Waals surface area contributed by atoms with Gasteiger partial charge in [0, 0.05) is 52.3 Å². The summed E-state index contributed by atoms with van der Waals surface area (Å²) < 4.78 is 39.7. The molecule has 1 aromatic heterocycles. The topological polar surface area (TPSA) is 103 Å². The number of aliphatic hydroxyl groups excluding tert-OH is 1. The fourth-order valence-corrected chi connectivity index (χ4v) is 4.39. The molecule has 3 N–H and O–H groups in total. The molecule has 0 spiro atoms. The number of nitrogens with zero attached hydrogens (tertiary/aromatic N) is 4. The van der Waals surface area contributed by atoms with Crippen molar-refractivity contribution in [2.75, 3.05) is 50.0 Å². The lowest BCUT2D eigenvalue weighted by atomic mass is 9.98. The number of carbonyl (C=O) groups excluding carboxylic acids is 1. The number of nitrogens with one attached hydrogen (secondary N) is 2. The number of fused-ring (bicyclic) bond motifs is 1. The maximum Gasteiger partial charge on any atom is 0.417 e. The molecule has 2 heterocycles. The number of alkyl halides is 3. The SMILES string of the molecule is CON1c2nc(NCCN(C)C)ncc2C=C(c2cc(NC(=O)c3ccc(Cl)c(C(F)(F)F)c3)ccc2Cl)C1O. The van der Waals surface area contributed by atoms with Gasteiger partial charge in [-0.05, 0) is 56.6 Å². The zero-order chi connectivity index (χ0) is 29.2. The van der Waals surface area contributed by atoms with Gasteiger partial charge in [0.1, 0.15) is 0 Å². The quantitative estimate of drug-likeness (QED) is 0.323. The zero-order valence-corrected chi connectivity index (χ0v) is 23.1. The molecule has 0 bridgehead atoms. The molecule has 40 heavy (non-hydrogen) atoms. The van der Waals surface area contributed by atoms with Crippen molar-refractivity contribution in [2.45, 2.75) is 12.4 Å². The molecule has 1 aliphatic heterocycles.